The fraction of sp³-hybridized carbons (Fsp3) is 1.00. The molecule has 0 aliphatic rings. The fourth-order valence-corrected chi connectivity index (χ4v) is 3.00. The van der Waals surface area contributed by atoms with Crippen LogP contribution in [0.1, 0.15) is 61.3 Å². The number of hydrogen-bond acceptors (Lipinski definition) is 0. The lowest BCUT2D eigenvalue weighted by molar-refractivity contribution is -0.985. The van der Waals surface area contributed by atoms with Crippen LogP contribution in [0.4, 0.5) is 0 Å². The minimum Gasteiger partial charge on any atom is -0.318 e. The zero-order valence-corrected chi connectivity index (χ0v) is 11.3. The summed E-state index contributed by atoms with van der Waals surface area (Å²) in [5.74, 6) is 0. The first-order valence-corrected chi connectivity index (χ1v) is 6.26. The normalized spacial score (nSPS) is 13.3. The topological polar surface area (TPSA) is 0 Å². The van der Waals surface area contributed by atoms with Crippen LogP contribution in [0, 0.1) is 0 Å². The first kappa shape index (κ1) is 14.0. The number of quaternary nitrogens is 1. The molecule has 0 atom stereocenters. The van der Waals surface area contributed by atoms with E-state index in [-0.39, 0.29) is 0 Å². The number of rotatable bonds is 6. The Kier molecular flexibility index (Phi) is 5.73. The van der Waals surface area contributed by atoms with Gasteiger partial charge in [-0.3, -0.25) is 0 Å². The minimum atomic E-state index is 0.738. The molecule has 0 spiro atoms. The van der Waals surface area contributed by atoms with Gasteiger partial charge in [-0.2, -0.15) is 0 Å². The van der Waals surface area contributed by atoms with Crippen molar-refractivity contribution in [1.29, 1.82) is 0 Å². The SMILES string of the molecule is CCCC[N+](C(C)C)(C(C)C)C(C)C. The molecule has 0 saturated heterocycles. The van der Waals surface area contributed by atoms with Gasteiger partial charge in [0.2, 0.25) is 0 Å². The van der Waals surface area contributed by atoms with Gasteiger partial charge in [-0.15, -0.1) is 0 Å². The van der Waals surface area contributed by atoms with Gasteiger partial charge < -0.3 is 4.48 Å². The first-order chi connectivity index (χ1) is 6.39. The molecule has 86 valence electrons. The molecule has 1 heteroatoms. The summed E-state index contributed by atoms with van der Waals surface area (Å²) in [5.41, 5.74) is 0. The Bertz CT molecular complexity index is 126. The van der Waals surface area contributed by atoms with E-state index in [0.29, 0.717) is 0 Å². The van der Waals surface area contributed by atoms with Gasteiger partial charge in [0.1, 0.15) is 0 Å². The van der Waals surface area contributed by atoms with Gasteiger partial charge in [-0.25, -0.2) is 0 Å². The highest BCUT2D eigenvalue weighted by Gasteiger charge is 2.36. The second-order valence-electron chi connectivity index (χ2n) is 5.35. The average Bonchev–Trinajstić information content (AvgIpc) is 2.03. The maximum atomic E-state index is 2.37. The molecule has 0 N–H and O–H groups in total. The highest BCUT2D eigenvalue weighted by molar-refractivity contribution is 4.58. The molecule has 0 radical (unpaired) electrons. The van der Waals surface area contributed by atoms with E-state index in [9.17, 15) is 0 Å². The standard InChI is InChI=1S/C13H30N/c1-8-9-10-14(11(2)3,12(4)5)13(6)7/h11-13H,8-10H2,1-7H3/q+1. The second kappa shape index (κ2) is 5.75. The van der Waals surface area contributed by atoms with Crippen LogP contribution in [0.2, 0.25) is 0 Å². The fourth-order valence-electron chi connectivity index (χ4n) is 3.00. The second-order valence-corrected chi connectivity index (χ2v) is 5.35. The summed E-state index contributed by atoms with van der Waals surface area (Å²) in [4.78, 5) is 0. The van der Waals surface area contributed by atoms with E-state index in [4.69, 9.17) is 0 Å². The first-order valence-electron chi connectivity index (χ1n) is 6.26. The Hall–Kier alpha value is -0.0400. The van der Waals surface area contributed by atoms with Gasteiger partial charge in [0.05, 0.1) is 24.7 Å². The lowest BCUT2D eigenvalue weighted by Gasteiger charge is -2.49. The molecule has 0 heterocycles. The molecule has 0 bridgehead atoms. The van der Waals surface area contributed by atoms with E-state index >= 15 is 0 Å². The van der Waals surface area contributed by atoms with Crippen molar-refractivity contribution in [2.75, 3.05) is 6.54 Å². The Labute approximate surface area is 91.1 Å². The van der Waals surface area contributed by atoms with Crippen LogP contribution < -0.4 is 0 Å². The van der Waals surface area contributed by atoms with Gasteiger partial charge in [-0.05, 0) is 48.0 Å². The Morgan fingerprint density at radius 2 is 1.14 bits per heavy atom. The van der Waals surface area contributed by atoms with Crippen molar-refractivity contribution < 1.29 is 4.48 Å². The molecule has 0 aromatic rings. The molecular formula is C13H30N+. The van der Waals surface area contributed by atoms with E-state index in [1.54, 1.807) is 0 Å². The van der Waals surface area contributed by atoms with Crippen molar-refractivity contribution in [2.45, 2.75) is 79.4 Å². The summed E-state index contributed by atoms with van der Waals surface area (Å²) in [6, 6.07) is 2.21. The molecule has 14 heavy (non-hydrogen) atoms. The summed E-state index contributed by atoms with van der Waals surface area (Å²) >= 11 is 0. The molecule has 1 nitrogen and oxygen atoms in total. The third kappa shape index (κ3) is 2.73. The summed E-state index contributed by atoms with van der Waals surface area (Å²) in [6.45, 7) is 17.8. The van der Waals surface area contributed by atoms with Gasteiger partial charge in [-0.1, -0.05) is 13.3 Å². The predicted molar refractivity (Wildman–Crippen MR) is 65.4 cm³/mol. The molecular weight excluding hydrogens is 170 g/mol. The van der Waals surface area contributed by atoms with Gasteiger partial charge in [0, 0.05) is 0 Å². The molecule has 0 fully saturated rings. The number of hydrogen-bond donors (Lipinski definition) is 0. The third-order valence-corrected chi connectivity index (χ3v) is 3.78. The lowest BCUT2D eigenvalue weighted by Crippen LogP contribution is -2.62. The van der Waals surface area contributed by atoms with Gasteiger partial charge in [0.15, 0.2) is 0 Å². The van der Waals surface area contributed by atoms with Gasteiger partial charge >= 0.3 is 0 Å². The summed E-state index contributed by atoms with van der Waals surface area (Å²) in [6.07, 6.45) is 2.67. The van der Waals surface area contributed by atoms with Crippen molar-refractivity contribution >= 4 is 0 Å². The summed E-state index contributed by atoms with van der Waals surface area (Å²) in [5, 5.41) is 0. The summed E-state index contributed by atoms with van der Waals surface area (Å²) in [7, 11) is 0. The van der Waals surface area contributed by atoms with E-state index in [0.717, 1.165) is 18.1 Å². The van der Waals surface area contributed by atoms with E-state index in [1.165, 1.54) is 23.9 Å². The van der Waals surface area contributed by atoms with Crippen molar-refractivity contribution in [3.63, 3.8) is 0 Å². The van der Waals surface area contributed by atoms with Crippen molar-refractivity contribution in [2.24, 2.45) is 0 Å². The lowest BCUT2D eigenvalue weighted by atomic mass is 10.0. The molecule has 0 amide bonds. The smallest absolute Gasteiger partial charge is 0.0837 e. The van der Waals surface area contributed by atoms with Gasteiger partial charge in [0.25, 0.3) is 0 Å². The monoisotopic (exact) mass is 200 g/mol. The highest BCUT2D eigenvalue weighted by Crippen LogP contribution is 2.25. The molecule has 0 aliphatic carbocycles. The summed E-state index contributed by atoms with van der Waals surface area (Å²) < 4.78 is 1.27. The number of nitrogens with zero attached hydrogens (tertiary/aromatic N) is 1. The average molecular weight is 200 g/mol. The van der Waals surface area contributed by atoms with Crippen LogP contribution >= 0.6 is 0 Å². The van der Waals surface area contributed by atoms with Crippen LogP contribution in [0.25, 0.3) is 0 Å². The molecule has 0 aliphatic heterocycles. The Morgan fingerprint density at radius 3 is 1.36 bits per heavy atom. The Balaban J connectivity index is 4.76. The molecule has 0 unspecified atom stereocenters. The van der Waals surface area contributed by atoms with E-state index in [1.807, 2.05) is 0 Å². The molecule has 0 saturated carbocycles. The quantitative estimate of drug-likeness (QED) is 0.572. The maximum absolute atomic E-state index is 2.37. The zero-order valence-electron chi connectivity index (χ0n) is 11.3. The molecule has 0 aromatic carbocycles. The van der Waals surface area contributed by atoms with Crippen LogP contribution in [0.3, 0.4) is 0 Å². The van der Waals surface area contributed by atoms with Crippen LogP contribution in [-0.4, -0.2) is 29.2 Å². The predicted octanol–water partition coefficient (Wildman–Crippen LogP) is 3.83. The van der Waals surface area contributed by atoms with Crippen molar-refractivity contribution in [3.05, 3.63) is 0 Å². The van der Waals surface area contributed by atoms with Crippen LogP contribution in [-0.2, 0) is 0 Å². The third-order valence-electron chi connectivity index (χ3n) is 3.78. The molecule has 0 aromatic heterocycles. The maximum Gasteiger partial charge on any atom is 0.0837 e. The van der Waals surface area contributed by atoms with E-state index < -0.39 is 0 Å². The van der Waals surface area contributed by atoms with E-state index in [2.05, 4.69) is 48.5 Å². The minimum absolute atomic E-state index is 0.738. The van der Waals surface area contributed by atoms with Crippen LogP contribution in [0.5, 0.6) is 0 Å². The Morgan fingerprint density at radius 1 is 0.786 bits per heavy atom. The van der Waals surface area contributed by atoms with Crippen molar-refractivity contribution in [3.8, 4) is 0 Å². The molecule has 0 rings (SSSR count). The highest BCUT2D eigenvalue weighted by atomic mass is 15.4. The zero-order chi connectivity index (χ0) is 11.4. The van der Waals surface area contributed by atoms with Crippen molar-refractivity contribution in [1.82, 2.24) is 0 Å². The largest absolute Gasteiger partial charge is 0.318 e. The number of unbranched alkanes of at least 4 members (excludes halogenated alkanes) is 1. The van der Waals surface area contributed by atoms with Crippen LogP contribution in [0.15, 0.2) is 0 Å².